The summed E-state index contributed by atoms with van der Waals surface area (Å²) in [5, 5.41) is 5.01. The van der Waals surface area contributed by atoms with Gasteiger partial charge in [0, 0.05) is 11.4 Å². The van der Waals surface area contributed by atoms with Crippen molar-refractivity contribution in [3.63, 3.8) is 0 Å². The fraction of sp³-hybridized carbons (Fsp3) is 0.385. The van der Waals surface area contributed by atoms with Crippen LogP contribution in [0, 0.1) is 0 Å². The highest BCUT2D eigenvalue weighted by Gasteiger charge is 2.08. The monoisotopic (exact) mass is 309 g/mol. The summed E-state index contributed by atoms with van der Waals surface area (Å²) in [4.78, 5) is 4.21. The van der Waals surface area contributed by atoms with Crippen molar-refractivity contribution in [2.75, 3.05) is 0 Å². The molecular weight excluding hydrogens is 294 g/mol. The third kappa shape index (κ3) is 3.10. The van der Waals surface area contributed by atoms with Gasteiger partial charge in [0.15, 0.2) is 5.82 Å². The molecule has 0 radical (unpaired) electrons. The van der Waals surface area contributed by atoms with Gasteiger partial charge in [-0.1, -0.05) is 28.1 Å². The van der Waals surface area contributed by atoms with Crippen LogP contribution in [-0.2, 0) is 11.9 Å². The molecule has 4 nitrogen and oxygen atoms in total. The molecular formula is C13H16BrN3O. The van der Waals surface area contributed by atoms with Gasteiger partial charge in [-0.15, -0.1) is 0 Å². The zero-order valence-electron chi connectivity index (χ0n) is 10.5. The summed E-state index contributed by atoms with van der Waals surface area (Å²) in [7, 11) is 0. The smallest absolute Gasteiger partial charge is 0.165 e. The molecule has 18 heavy (non-hydrogen) atoms. The molecule has 5 heteroatoms. The van der Waals surface area contributed by atoms with Gasteiger partial charge < -0.3 is 4.74 Å². The minimum atomic E-state index is 0.292. The van der Waals surface area contributed by atoms with Crippen molar-refractivity contribution < 1.29 is 4.74 Å². The number of nitrogens with zero attached hydrogens (tertiary/aromatic N) is 3. The first-order valence-electron chi connectivity index (χ1n) is 5.87. The number of aromatic nitrogens is 3. The molecule has 2 aromatic rings. The Morgan fingerprint density at radius 3 is 2.94 bits per heavy atom. The van der Waals surface area contributed by atoms with Crippen molar-refractivity contribution in [2.45, 2.75) is 31.8 Å². The van der Waals surface area contributed by atoms with E-state index in [0.717, 1.165) is 16.9 Å². The maximum Gasteiger partial charge on any atom is 0.165 e. The average Bonchev–Trinajstić information content (AvgIpc) is 2.85. The summed E-state index contributed by atoms with van der Waals surface area (Å²) in [6, 6.07) is 8.30. The zero-order valence-corrected chi connectivity index (χ0v) is 12.1. The number of ether oxygens (including phenoxy) is 1. The van der Waals surface area contributed by atoms with Gasteiger partial charge in [0.2, 0.25) is 0 Å². The van der Waals surface area contributed by atoms with Crippen LogP contribution >= 0.6 is 15.9 Å². The minimum absolute atomic E-state index is 0.292. The lowest BCUT2D eigenvalue weighted by Crippen LogP contribution is -2.10. The predicted octanol–water partition coefficient (Wildman–Crippen LogP) is 3.33. The Hall–Kier alpha value is -1.36. The lowest BCUT2D eigenvalue weighted by atomic mass is 10.2. The van der Waals surface area contributed by atoms with E-state index < -0.39 is 0 Å². The van der Waals surface area contributed by atoms with Crippen LogP contribution in [0.1, 0.15) is 31.3 Å². The molecule has 96 valence electrons. The van der Waals surface area contributed by atoms with Crippen molar-refractivity contribution in [3.05, 3.63) is 42.0 Å². The summed E-state index contributed by atoms with van der Waals surface area (Å²) in [5.74, 6) is 1.69. The number of rotatable bonds is 5. The highest BCUT2D eigenvalue weighted by molar-refractivity contribution is 9.08. The average molecular weight is 310 g/mol. The van der Waals surface area contributed by atoms with Gasteiger partial charge in [-0.3, -0.25) is 0 Å². The summed E-state index contributed by atoms with van der Waals surface area (Å²) >= 11 is 3.43. The number of hydrogen-bond donors (Lipinski definition) is 0. The molecule has 1 aromatic carbocycles. The molecule has 0 unspecified atom stereocenters. The molecule has 0 saturated carbocycles. The van der Waals surface area contributed by atoms with Crippen molar-refractivity contribution >= 4 is 15.9 Å². The van der Waals surface area contributed by atoms with Gasteiger partial charge in [0.1, 0.15) is 18.7 Å². The van der Waals surface area contributed by atoms with E-state index >= 15 is 0 Å². The lowest BCUT2D eigenvalue weighted by Gasteiger charge is -2.10. The molecule has 0 spiro atoms. The molecule has 0 aliphatic rings. The van der Waals surface area contributed by atoms with Crippen LogP contribution in [0.3, 0.4) is 0 Å². The highest BCUT2D eigenvalue weighted by Crippen LogP contribution is 2.17. The van der Waals surface area contributed by atoms with Gasteiger partial charge in [0.25, 0.3) is 0 Å². The summed E-state index contributed by atoms with van der Waals surface area (Å²) in [5.41, 5.74) is 1.19. The van der Waals surface area contributed by atoms with Crippen molar-refractivity contribution in [2.24, 2.45) is 0 Å². The molecule has 0 atom stereocenters. The van der Waals surface area contributed by atoms with Crippen LogP contribution in [0.4, 0.5) is 0 Å². The quantitative estimate of drug-likeness (QED) is 0.795. The van der Waals surface area contributed by atoms with E-state index in [4.69, 9.17) is 4.74 Å². The van der Waals surface area contributed by atoms with Crippen LogP contribution in [0.15, 0.2) is 30.6 Å². The zero-order chi connectivity index (χ0) is 13.0. The van der Waals surface area contributed by atoms with Gasteiger partial charge in [-0.2, -0.15) is 5.10 Å². The highest BCUT2D eigenvalue weighted by atomic mass is 79.9. The van der Waals surface area contributed by atoms with Gasteiger partial charge in [0.05, 0.1) is 0 Å². The van der Waals surface area contributed by atoms with Crippen LogP contribution in [0.2, 0.25) is 0 Å². The molecule has 0 aliphatic carbocycles. The second-order valence-electron chi connectivity index (χ2n) is 4.28. The summed E-state index contributed by atoms with van der Waals surface area (Å²) < 4.78 is 7.61. The standard InChI is InChI=1S/C13H16BrN3O/c1-10(2)17-13(15-9-16-17)8-18-12-5-3-4-11(6-12)7-14/h3-6,9-10H,7-8H2,1-2H3. The predicted molar refractivity (Wildman–Crippen MR) is 73.8 cm³/mol. The Labute approximate surface area is 115 Å². The van der Waals surface area contributed by atoms with Gasteiger partial charge in [-0.25, -0.2) is 9.67 Å². The molecule has 0 saturated heterocycles. The van der Waals surface area contributed by atoms with E-state index in [0.29, 0.717) is 12.6 Å². The van der Waals surface area contributed by atoms with Gasteiger partial charge in [-0.05, 0) is 31.5 Å². The second-order valence-corrected chi connectivity index (χ2v) is 4.85. The van der Waals surface area contributed by atoms with Crippen molar-refractivity contribution in [1.29, 1.82) is 0 Å². The van der Waals surface area contributed by atoms with Crippen molar-refractivity contribution in [1.82, 2.24) is 14.8 Å². The van der Waals surface area contributed by atoms with Crippen molar-refractivity contribution in [3.8, 4) is 5.75 Å². The molecule has 0 bridgehead atoms. The second kappa shape index (κ2) is 6.00. The Balaban J connectivity index is 2.04. The first-order chi connectivity index (χ1) is 8.70. The first kappa shape index (κ1) is 13.1. The van der Waals surface area contributed by atoms with E-state index in [1.54, 1.807) is 6.33 Å². The van der Waals surface area contributed by atoms with E-state index in [9.17, 15) is 0 Å². The first-order valence-corrected chi connectivity index (χ1v) is 6.99. The Kier molecular flexibility index (Phi) is 4.36. The third-order valence-corrected chi connectivity index (χ3v) is 3.20. The van der Waals surface area contributed by atoms with Crippen LogP contribution < -0.4 is 4.74 Å². The summed E-state index contributed by atoms with van der Waals surface area (Å²) in [6.45, 7) is 4.58. The molecule has 1 aromatic heterocycles. The molecule has 0 fully saturated rings. The van der Waals surface area contributed by atoms with Gasteiger partial charge >= 0.3 is 0 Å². The number of benzene rings is 1. The fourth-order valence-corrected chi connectivity index (χ4v) is 2.02. The fourth-order valence-electron chi connectivity index (χ4n) is 1.67. The maximum absolute atomic E-state index is 5.74. The Bertz CT molecular complexity index is 510. The molecule has 0 N–H and O–H groups in total. The molecule has 0 amide bonds. The molecule has 0 aliphatic heterocycles. The topological polar surface area (TPSA) is 39.9 Å². The number of alkyl halides is 1. The SMILES string of the molecule is CC(C)n1ncnc1COc1cccc(CBr)c1. The number of hydrogen-bond acceptors (Lipinski definition) is 3. The van der Waals surface area contributed by atoms with Crippen LogP contribution in [-0.4, -0.2) is 14.8 Å². The van der Waals surface area contributed by atoms with Crippen LogP contribution in [0.5, 0.6) is 5.75 Å². The number of halogens is 1. The normalized spacial score (nSPS) is 10.9. The van der Waals surface area contributed by atoms with E-state index in [1.807, 2.05) is 22.9 Å². The van der Waals surface area contributed by atoms with E-state index in [2.05, 4.69) is 45.9 Å². The molecule has 2 rings (SSSR count). The molecule has 1 heterocycles. The maximum atomic E-state index is 5.74. The van der Waals surface area contributed by atoms with E-state index in [1.165, 1.54) is 5.56 Å². The van der Waals surface area contributed by atoms with Crippen LogP contribution in [0.25, 0.3) is 0 Å². The third-order valence-electron chi connectivity index (χ3n) is 2.56. The minimum Gasteiger partial charge on any atom is -0.486 e. The lowest BCUT2D eigenvalue weighted by molar-refractivity contribution is 0.282. The Morgan fingerprint density at radius 1 is 1.39 bits per heavy atom. The van der Waals surface area contributed by atoms with E-state index in [-0.39, 0.29) is 0 Å². The Morgan fingerprint density at radius 2 is 2.22 bits per heavy atom. The largest absolute Gasteiger partial charge is 0.486 e. The summed E-state index contributed by atoms with van der Waals surface area (Å²) in [6.07, 6.45) is 1.56.